The number of hydrogen-bond acceptors (Lipinski definition) is 3. The number of nitrogens with zero attached hydrogens (tertiary/aromatic N) is 7. The zero-order valence-corrected chi connectivity index (χ0v) is 62.8. The summed E-state index contributed by atoms with van der Waals surface area (Å²) in [5.74, 6) is 0.873. The molecule has 510 valence electrons. The normalized spacial score (nSPS) is 11.8. The number of para-hydroxylation sites is 2. The molecule has 16 rings (SSSR count). The number of pyridine rings is 2. The van der Waals surface area contributed by atoms with Gasteiger partial charge >= 0.3 is 43.4 Å². The van der Waals surface area contributed by atoms with Crippen LogP contribution in [0.5, 0.6) is 0 Å². The Morgan fingerprint density at radius 3 is 1.14 bits per heavy atom. The first-order valence-electron chi connectivity index (χ1n) is 34.4. The van der Waals surface area contributed by atoms with Crippen LogP contribution in [0.3, 0.4) is 0 Å². The van der Waals surface area contributed by atoms with Crippen LogP contribution in [0.4, 0.5) is 0 Å². The minimum atomic E-state index is -0.0286. The molecule has 0 saturated heterocycles. The van der Waals surface area contributed by atoms with Crippen LogP contribution in [0.25, 0.3) is 159 Å². The van der Waals surface area contributed by atoms with E-state index in [-0.39, 0.29) is 42.1 Å². The van der Waals surface area contributed by atoms with Crippen LogP contribution in [0.15, 0.2) is 267 Å². The summed E-state index contributed by atoms with van der Waals surface area (Å²) in [6, 6.07) is 101. The summed E-state index contributed by atoms with van der Waals surface area (Å²) in [6.45, 7) is 27.8. The molecule has 1 N–H and O–H groups in total. The SMILES string of the molecule is CC(C)(C)c1ccc(-c2c3ccc(C(C)(C)C)cc3c(-c3ccccc3)c3c(-c4ccc(C(C)(C)C)cc4)c4ccc(C(C)(C)C)cc4c(-c4ccccc4)c23)cc1.[N-]=[N+]=[N-].[NH]=[Pd].[Pd+2].[c-]1c(-c2ccccn2)ccc2c3ccccc3n(-c3[c-]c4c(cc3)c3ccccc3n4-c3ccccn3)c12. The first-order valence-corrected chi connectivity index (χ1v) is 35.1. The molecule has 0 amide bonds. The molecular weight excluding hydrogens is 1430 g/mol. The molecular formula is C92H81N8Pd2-. The summed E-state index contributed by atoms with van der Waals surface area (Å²) in [4.78, 5) is 10.7. The van der Waals surface area contributed by atoms with Crippen LogP contribution in [0.1, 0.15) is 105 Å². The number of benzene rings is 12. The standard InChI is InChI=1S/C58H60.C34H20N4.N3.HN.2Pd/c1-55(2,3)41-27-23-39(24-28-41)49-45-33-31-43(57(7,8)9)35-47(45)52(38-21-17-14-18-22-38)54-50(40-25-29-42(30-26-40)56(4,5)6)46-34-32-44(58(10,11)12)36-48(46)51(53(49)54)37-19-15-13-16-20-37;1-3-12-30-25(9-1)27-17-15-23(29-11-5-7-19-35-29)21-32(27)37(30)24-16-18-28-26-10-2-4-13-31(26)38(33(28)22-24)34-14-6-8-20-36-34;1-3-2;;;/h13-36H,1-12H3;1-20H;;1H;;/q;-2;-1;;;+2. The van der Waals surface area contributed by atoms with E-state index < -0.39 is 0 Å². The number of aromatic nitrogens is 4. The van der Waals surface area contributed by atoms with Gasteiger partial charge in [-0.05, 0) is 185 Å². The second-order valence-electron chi connectivity index (χ2n) is 30.1. The van der Waals surface area contributed by atoms with Gasteiger partial charge < -0.3 is 25.2 Å². The maximum atomic E-state index is 6.75. The summed E-state index contributed by atoms with van der Waals surface area (Å²) in [6.07, 6.45) is 3.65. The van der Waals surface area contributed by atoms with Crippen molar-refractivity contribution in [2.24, 2.45) is 0 Å². The minimum absolute atomic E-state index is 0. The molecule has 16 aromatic rings. The number of nitrogens with one attached hydrogen (secondary N) is 1. The van der Waals surface area contributed by atoms with Crippen LogP contribution >= 0.6 is 0 Å². The first-order chi connectivity index (χ1) is 48.6. The van der Waals surface area contributed by atoms with E-state index in [0.717, 1.165) is 55.6 Å². The molecule has 0 saturated carbocycles. The van der Waals surface area contributed by atoms with E-state index in [1.807, 2.05) is 67.8 Å². The van der Waals surface area contributed by atoms with Crippen molar-refractivity contribution in [2.45, 2.75) is 105 Å². The van der Waals surface area contributed by atoms with Crippen LogP contribution < -0.4 is 0 Å². The molecule has 0 aliphatic heterocycles. The Morgan fingerprint density at radius 2 is 0.706 bits per heavy atom. The molecule has 8 nitrogen and oxygen atoms in total. The van der Waals surface area contributed by atoms with E-state index >= 15 is 0 Å². The second-order valence-corrected chi connectivity index (χ2v) is 30.1. The van der Waals surface area contributed by atoms with E-state index in [1.54, 1.807) is 0 Å². The fourth-order valence-corrected chi connectivity index (χ4v) is 14.4. The maximum Gasteiger partial charge on any atom is 2.00 e. The van der Waals surface area contributed by atoms with Gasteiger partial charge in [0.25, 0.3) is 0 Å². The topological polar surface area (TPSA) is 118 Å². The fraction of sp³-hybridized carbons (Fsp3) is 0.174. The van der Waals surface area contributed by atoms with Gasteiger partial charge in [-0.15, -0.1) is 41.3 Å². The Bertz CT molecular complexity index is 5570. The van der Waals surface area contributed by atoms with E-state index in [9.17, 15) is 0 Å². The van der Waals surface area contributed by atoms with Gasteiger partial charge in [0, 0.05) is 23.4 Å². The Hall–Kier alpha value is -10.2. The van der Waals surface area contributed by atoms with Gasteiger partial charge in [0.05, 0.1) is 0 Å². The molecule has 0 radical (unpaired) electrons. The summed E-state index contributed by atoms with van der Waals surface area (Å²) in [5, 5.41) is 12.4. The summed E-state index contributed by atoms with van der Waals surface area (Å²) in [5.41, 5.74) is 36.0. The smallest absolute Gasteiger partial charge is 0.352 e. The molecule has 0 spiro atoms. The quantitative estimate of drug-likeness (QED) is 0.0427. The second kappa shape index (κ2) is 29.0. The van der Waals surface area contributed by atoms with Crippen molar-refractivity contribution >= 4 is 75.9 Å². The Kier molecular flexibility index (Phi) is 20.4. The molecule has 0 atom stereocenters. The van der Waals surface area contributed by atoms with Crippen molar-refractivity contribution in [3.63, 3.8) is 0 Å². The van der Waals surface area contributed by atoms with Crippen LogP contribution in [0, 0.1) is 16.1 Å². The van der Waals surface area contributed by atoms with Crippen molar-refractivity contribution in [3.05, 3.63) is 318 Å². The largest absolute Gasteiger partial charge is 2.00 e. The van der Waals surface area contributed by atoms with Crippen molar-refractivity contribution in [1.82, 2.24) is 19.1 Å². The average Bonchev–Trinajstić information content (AvgIpc) is 0.954. The minimum Gasteiger partial charge on any atom is -0.352 e. The van der Waals surface area contributed by atoms with Gasteiger partial charge in [-0.2, -0.15) is 6.07 Å². The third-order valence-corrected chi connectivity index (χ3v) is 19.5. The van der Waals surface area contributed by atoms with Crippen LogP contribution in [0.2, 0.25) is 0 Å². The number of rotatable bonds is 7. The zero-order valence-electron chi connectivity index (χ0n) is 59.7. The van der Waals surface area contributed by atoms with Crippen molar-refractivity contribution in [3.8, 4) is 67.3 Å². The van der Waals surface area contributed by atoms with Gasteiger partial charge in [0.1, 0.15) is 5.82 Å². The van der Waals surface area contributed by atoms with E-state index in [2.05, 4.69) is 333 Å². The van der Waals surface area contributed by atoms with Gasteiger partial charge in [-0.3, -0.25) is 4.91 Å². The van der Waals surface area contributed by atoms with Crippen LogP contribution in [-0.4, -0.2) is 19.1 Å². The third kappa shape index (κ3) is 13.6. The predicted molar refractivity (Wildman–Crippen MR) is 422 cm³/mol. The molecule has 102 heavy (non-hydrogen) atoms. The Balaban J connectivity index is 0.000000192. The summed E-state index contributed by atoms with van der Waals surface area (Å²) < 4.78 is 10.1. The van der Waals surface area contributed by atoms with E-state index in [0.29, 0.717) is 0 Å². The van der Waals surface area contributed by atoms with Gasteiger partial charge in [-0.1, -0.05) is 288 Å². The van der Waals surface area contributed by atoms with E-state index in [4.69, 9.17) is 15.1 Å². The monoisotopic (exact) mass is 1510 g/mol. The van der Waals surface area contributed by atoms with Crippen molar-refractivity contribution < 1.29 is 39.4 Å². The van der Waals surface area contributed by atoms with Gasteiger partial charge in [0.15, 0.2) is 0 Å². The average molecular weight is 1510 g/mol. The Labute approximate surface area is 623 Å². The summed E-state index contributed by atoms with van der Waals surface area (Å²) >= 11 is 2.00. The van der Waals surface area contributed by atoms with Gasteiger partial charge in [0.2, 0.25) is 0 Å². The first kappa shape index (κ1) is 71.6. The van der Waals surface area contributed by atoms with Crippen molar-refractivity contribution in [2.75, 3.05) is 0 Å². The van der Waals surface area contributed by atoms with Crippen molar-refractivity contribution in [1.29, 1.82) is 3.99 Å². The molecule has 0 fully saturated rings. The fourth-order valence-electron chi connectivity index (χ4n) is 14.4. The predicted octanol–water partition coefficient (Wildman–Crippen LogP) is 26.1. The Morgan fingerprint density at radius 1 is 0.343 bits per heavy atom. The molecule has 0 aliphatic carbocycles. The molecule has 10 heteroatoms. The zero-order chi connectivity index (χ0) is 71.1. The maximum absolute atomic E-state index is 6.75. The van der Waals surface area contributed by atoms with E-state index in [1.165, 1.54) is 115 Å². The molecule has 4 heterocycles. The molecule has 0 unspecified atom stereocenters. The molecule has 0 bridgehead atoms. The number of hydrogen-bond donors (Lipinski definition) is 1. The molecule has 12 aromatic carbocycles. The van der Waals surface area contributed by atoms with Crippen LogP contribution in [-0.2, 0) is 61.1 Å². The third-order valence-electron chi connectivity index (χ3n) is 19.5. The molecule has 4 aromatic heterocycles. The summed E-state index contributed by atoms with van der Waals surface area (Å²) in [7, 11) is 0. The van der Waals surface area contributed by atoms with Gasteiger partial charge in [-0.25, -0.2) is 4.98 Å². The molecule has 0 aliphatic rings. The number of fused-ring (bicyclic) bond motifs is 9.